The van der Waals surface area contributed by atoms with Crippen LogP contribution >= 0.6 is 11.6 Å². The third-order valence-electron chi connectivity index (χ3n) is 3.82. The maximum atomic E-state index is 12.5. The van der Waals surface area contributed by atoms with Gasteiger partial charge in [0, 0.05) is 11.6 Å². The first kappa shape index (κ1) is 20.5. The number of hydrogen-bond donors (Lipinski definition) is 1. The SMILES string of the molecule is CCOc1ccc([C@@H](C)NC(=O)c2ccc(Cl)c([N+](=O)[O-])c2)cc1OCC. The number of rotatable bonds is 8. The third-order valence-corrected chi connectivity index (χ3v) is 4.14. The van der Waals surface area contributed by atoms with Crippen molar-refractivity contribution in [1.82, 2.24) is 5.32 Å². The summed E-state index contributed by atoms with van der Waals surface area (Å²) in [4.78, 5) is 22.8. The predicted octanol–water partition coefficient (Wildman–Crippen LogP) is 4.54. The Kier molecular flexibility index (Phi) is 7.01. The lowest BCUT2D eigenvalue weighted by atomic mass is 10.1. The van der Waals surface area contributed by atoms with E-state index in [0.29, 0.717) is 24.7 Å². The molecule has 27 heavy (non-hydrogen) atoms. The molecule has 2 rings (SSSR count). The van der Waals surface area contributed by atoms with Crippen LogP contribution in [0, 0.1) is 10.1 Å². The molecular weight excluding hydrogens is 372 g/mol. The highest BCUT2D eigenvalue weighted by atomic mass is 35.5. The molecular formula is C19H21ClN2O5. The molecule has 0 heterocycles. The quantitative estimate of drug-likeness (QED) is 0.526. The van der Waals surface area contributed by atoms with Gasteiger partial charge in [-0.25, -0.2) is 0 Å². The minimum atomic E-state index is -0.622. The van der Waals surface area contributed by atoms with E-state index in [-0.39, 0.29) is 22.3 Å². The molecule has 1 atom stereocenters. The summed E-state index contributed by atoms with van der Waals surface area (Å²) in [5.74, 6) is 0.796. The number of benzene rings is 2. The van der Waals surface area contributed by atoms with E-state index in [1.165, 1.54) is 12.1 Å². The molecule has 2 aromatic carbocycles. The number of hydrogen-bond acceptors (Lipinski definition) is 5. The second kappa shape index (κ2) is 9.23. The van der Waals surface area contributed by atoms with E-state index in [1.807, 2.05) is 32.9 Å². The standard InChI is InChI=1S/C19H21ClN2O5/c1-4-26-17-9-7-13(11-18(17)27-5-2)12(3)21-19(23)14-6-8-15(20)16(10-14)22(24)25/h6-12H,4-5H2,1-3H3,(H,21,23)/t12-/m1/s1. The van der Waals surface area contributed by atoms with Crippen molar-refractivity contribution >= 4 is 23.2 Å². The van der Waals surface area contributed by atoms with Gasteiger partial charge in [-0.1, -0.05) is 17.7 Å². The number of carbonyl (C=O) groups is 1. The first-order chi connectivity index (χ1) is 12.9. The summed E-state index contributed by atoms with van der Waals surface area (Å²) in [5, 5.41) is 13.8. The zero-order chi connectivity index (χ0) is 20.0. The summed E-state index contributed by atoms with van der Waals surface area (Å²) in [6.07, 6.45) is 0. The molecule has 144 valence electrons. The van der Waals surface area contributed by atoms with Gasteiger partial charge in [0.2, 0.25) is 0 Å². The Morgan fingerprint density at radius 2 is 1.81 bits per heavy atom. The third kappa shape index (κ3) is 5.10. The van der Waals surface area contributed by atoms with E-state index in [0.717, 1.165) is 11.6 Å². The minimum absolute atomic E-state index is 0.0162. The lowest BCUT2D eigenvalue weighted by molar-refractivity contribution is -0.384. The second-order valence-corrected chi connectivity index (χ2v) is 6.10. The van der Waals surface area contributed by atoms with Crippen molar-refractivity contribution in [1.29, 1.82) is 0 Å². The van der Waals surface area contributed by atoms with Crippen LogP contribution in [-0.4, -0.2) is 24.0 Å². The molecule has 0 aliphatic carbocycles. The Labute approximate surface area is 162 Å². The van der Waals surface area contributed by atoms with Gasteiger partial charge in [0.15, 0.2) is 11.5 Å². The Hall–Kier alpha value is -2.80. The number of carbonyl (C=O) groups excluding carboxylic acids is 1. The fourth-order valence-electron chi connectivity index (χ4n) is 2.49. The van der Waals surface area contributed by atoms with E-state index in [4.69, 9.17) is 21.1 Å². The molecule has 0 aliphatic rings. The first-order valence-corrected chi connectivity index (χ1v) is 8.89. The molecule has 0 aliphatic heterocycles. The summed E-state index contributed by atoms with van der Waals surface area (Å²) in [7, 11) is 0. The van der Waals surface area contributed by atoms with Gasteiger partial charge < -0.3 is 14.8 Å². The number of halogens is 1. The molecule has 0 saturated carbocycles. The van der Waals surface area contributed by atoms with Crippen molar-refractivity contribution in [3.8, 4) is 11.5 Å². The van der Waals surface area contributed by atoms with Crippen molar-refractivity contribution in [2.75, 3.05) is 13.2 Å². The van der Waals surface area contributed by atoms with Crippen LogP contribution in [0.25, 0.3) is 0 Å². The van der Waals surface area contributed by atoms with Crippen LogP contribution in [0.15, 0.2) is 36.4 Å². The molecule has 0 unspecified atom stereocenters. The minimum Gasteiger partial charge on any atom is -0.490 e. The largest absolute Gasteiger partial charge is 0.490 e. The van der Waals surface area contributed by atoms with Crippen LogP contribution in [0.2, 0.25) is 5.02 Å². The summed E-state index contributed by atoms with van der Waals surface area (Å²) in [5.41, 5.74) is 0.671. The molecule has 1 amide bonds. The topological polar surface area (TPSA) is 90.7 Å². The number of nitrogens with one attached hydrogen (secondary N) is 1. The lowest BCUT2D eigenvalue weighted by Crippen LogP contribution is -2.26. The lowest BCUT2D eigenvalue weighted by Gasteiger charge is -2.17. The van der Waals surface area contributed by atoms with Crippen molar-refractivity contribution in [2.24, 2.45) is 0 Å². The Morgan fingerprint density at radius 3 is 2.44 bits per heavy atom. The molecule has 0 bridgehead atoms. The van der Waals surface area contributed by atoms with Crippen molar-refractivity contribution < 1.29 is 19.2 Å². The first-order valence-electron chi connectivity index (χ1n) is 8.51. The maximum absolute atomic E-state index is 12.5. The van der Waals surface area contributed by atoms with Crippen LogP contribution in [0.3, 0.4) is 0 Å². The fraction of sp³-hybridized carbons (Fsp3) is 0.316. The van der Waals surface area contributed by atoms with Gasteiger partial charge in [-0.05, 0) is 50.6 Å². The number of nitro benzene ring substituents is 1. The monoisotopic (exact) mass is 392 g/mol. The van der Waals surface area contributed by atoms with Gasteiger partial charge in [-0.3, -0.25) is 14.9 Å². The summed E-state index contributed by atoms with van der Waals surface area (Å²) < 4.78 is 11.1. The van der Waals surface area contributed by atoms with E-state index < -0.39 is 10.8 Å². The number of amides is 1. The van der Waals surface area contributed by atoms with E-state index in [2.05, 4.69) is 5.32 Å². The Bertz CT molecular complexity index is 841. The smallest absolute Gasteiger partial charge is 0.288 e. The van der Waals surface area contributed by atoms with Crippen molar-refractivity contribution in [2.45, 2.75) is 26.8 Å². The van der Waals surface area contributed by atoms with Crippen LogP contribution in [-0.2, 0) is 0 Å². The van der Waals surface area contributed by atoms with Gasteiger partial charge in [-0.2, -0.15) is 0 Å². The Morgan fingerprint density at radius 1 is 1.15 bits per heavy atom. The highest BCUT2D eigenvalue weighted by Crippen LogP contribution is 2.31. The zero-order valence-electron chi connectivity index (χ0n) is 15.3. The van der Waals surface area contributed by atoms with E-state index >= 15 is 0 Å². The van der Waals surface area contributed by atoms with Crippen molar-refractivity contribution in [3.63, 3.8) is 0 Å². The van der Waals surface area contributed by atoms with Crippen LogP contribution in [0.5, 0.6) is 11.5 Å². The molecule has 0 radical (unpaired) electrons. The fourth-order valence-corrected chi connectivity index (χ4v) is 2.68. The van der Waals surface area contributed by atoms with Crippen molar-refractivity contribution in [3.05, 3.63) is 62.7 Å². The molecule has 1 N–H and O–H groups in total. The second-order valence-electron chi connectivity index (χ2n) is 5.69. The average molecular weight is 393 g/mol. The molecule has 7 nitrogen and oxygen atoms in total. The van der Waals surface area contributed by atoms with Gasteiger partial charge in [0.25, 0.3) is 11.6 Å². The van der Waals surface area contributed by atoms with Gasteiger partial charge in [-0.15, -0.1) is 0 Å². The average Bonchev–Trinajstić information content (AvgIpc) is 2.63. The summed E-state index contributed by atoms with van der Waals surface area (Å²) in [6, 6.07) is 9.03. The van der Waals surface area contributed by atoms with Crippen LogP contribution in [0.4, 0.5) is 5.69 Å². The maximum Gasteiger partial charge on any atom is 0.288 e. The van der Waals surface area contributed by atoms with Gasteiger partial charge >= 0.3 is 0 Å². The molecule has 0 fully saturated rings. The number of nitro groups is 1. The number of nitrogens with zero attached hydrogens (tertiary/aromatic N) is 1. The van der Waals surface area contributed by atoms with Crippen LogP contribution in [0.1, 0.15) is 42.7 Å². The predicted molar refractivity (Wildman–Crippen MR) is 103 cm³/mol. The van der Waals surface area contributed by atoms with Gasteiger partial charge in [0.1, 0.15) is 5.02 Å². The number of ether oxygens (including phenoxy) is 2. The van der Waals surface area contributed by atoms with E-state index in [9.17, 15) is 14.9 Å². The molecule has 0 aromatic heterocycles. The van der Waals surface area contributed by atoms with Gasteiger partial charge in [0.05, 0.1) is 24.2 Å². The van der Waals surface area contributed by atoms with Crippen LogP contribution < -0.4 is 14.8 Å². The molecule has 0 saturated heterocycles. The van der Waals surface area contributed by atoms with E-state index in [1.54, 1.807) is 6.07 Å². The highest BCUT2D eigenvalue weighted by molar-refractivity contribution is 6.32. The zero-order valence-corrected chi connectivity index (χ0v) is 16.1. The molecule has 0 spiro atoms. The molecule has 2 aromatic rings. The summed E-state index contributed by atoms with van der Waals surface area (Å²) in [6.45, 7) is 6.58. The Balaban J connectivity index is 2.20. The molecule has 8 heteroatoms. The normalized spacial score (nSPS) is 11.6. The summed E-state index contributed by atoms with van der Waals surface area (Å²) >= 11 is 5.79. The highest BCUT2D eigenvalue weighted by Gasteiger charge is 2.18.